The van der Waals surface area contributed by atoms with Crippen LogP contribution in [0.15, 0.2) is 54.6 Å². The normalized spacial score (nSPS) is 10.2. The van der Waals surface area contributed by atoms with Crippen molar-refractivity contribution in [1.29, 1.82) is 0 Å². The Morgan fingerprint density at radius 3 is 2.25 bits per heavy atom. The van der Waals surface area contributed by atoms with Crippen molar-refractivity contribution in [3.63, 3.8) is 0 Å². The van der Waals surface area contributed by atoms with E-state index in [0.29, 0.717) is 11.5 Å². The summed E-state index contributed by atoms with van der Waals surface area (Å²) in [6.07, 6.45) is 0. The molecule has 0 spiro atoms. The van der Waals surface area contributed by atoms with Gasteiger partial charge >= 0.3 is 0 Å². The molecule has 0 saturated heterocycles. The summed E-state index contributed by atoms with van der Waals surface area (Å²) in [5.74, 6) is 0. The predicted molar refractivity (Wildman–Crippen MR) is 86.9 cm³/mol. The first kappa shape index (κ1) is 14.5. The Hall–Kier alpha value is -1.91. The van der Waals surface area contributed by atoms with Gasteiger partial charge in [-0.3, -0.25) is 0 Å². The molecule has 0 atom stereocenters. The highest BCUT2D eigenvalue weighted by atomic mass is 32.1. The van der Waals surface area contributed by atoms with E-state index in [2.05, 4.69) is 17.0 Å². The van der Waals surface area contributed by atoms with Gasteiger partial charge in [-0.05, 0) is 29.8 Å². The van der Waals surface area contributed by atoms with E-state index >= 15 is 0 Å². The Morgan fingerprint density at radius 2 is 1.70 bits per heavy atom. The van der Waals surface area contributed by atoms with E-state index in [4.69, 9.17) is 18.0 Å². The molecule has 2 rings (SSSR count). The standard InChI is InChI=1S/C16H18N2OS/c17-16(20)14-6-8-15(9-7-14)18(10-11-19)12-13-4-2-1-3-5-13/h1-9,19H,10-12H2,(H2,17,20). The molecule has 0 aromatic heterocycles. The van der Waals surface area contributed by atoms with Gasteiger partial charge in [0.2, 0.25) is 0 Å². The van der Waals surface area contributed by atoms with Crippen LogP contribution in [-0.2, 0) is 6.54 Å². The lowest BCUT2D eigenvalue weighted by Gasteiger charge is -2.24. The Labute approximate surface area is 124 Å². The van der Waals surface area contributed by atoms with Crippen molar-refractivity contribution in [2.75, 3.05) is 18.1 Å². The second kappa shape index (κ2) is 7.03. The highest BCUT2D eigenvalue weighted by Crippen LogP contribution is 2.18. The highest BCUT2D eigenvalue weighted by molar-refractivity contribution is 7.80. The number of aliphatic hydroxyl groups excluding tert-OH is 1. The molecule has 0 heterocycles. The number of rotatable bonds is 6. The first-order valence-corrected chi connectivity index (χ1v) is 6.91. The van der Waals surface area contributed by atoms with Gasteiger partial charge in [0.15, 0.2) is 0 Å². The maximum absolute atomic E-state index is 9.24. The van der Waals surface area contributed by atoms with E-state index in [1.54, 1.807) is 0 Å². The van der Waals surface area contributed by atoms with Crippen LogP contribution in [0.2, 0.25) is 0 Å². The van der Waals surface area contributed by atoms with Crippen LogP contribution in [0.4, 0.5) is 5.69 Å². The van der Waals surface area contributed by atoms with E-state index in [-0.39, 0.29) is 6.61 Å². The largest absolute Gasteiger partial charge is 0.395 e. The summed E-state index contributed by atoms with van der Waals surface area (Å²) in [4.78, 5) is 2.52. The Morgan fingerprint density at radius 1 is 1.05 bits per heavy atom. The maximum atomic E-state index is 9.24. The monoisotopic (exact) mass is 286 g/mol. The molecule has 0 unspecified atom stereocenters. The molecule has 0 radical (unpaired) electrons. The molecule has 2 aromatic rings. The van der Waals surface area contributed by atoms with Gasteiger partial charge in [-0.1, -0.05) is 42.5 Å². The van der Waals surface area contributed by atoms with Crippen molar-refractivity contribution in [3.8, 4) is 0 Å². The summed E-state index contributed by atoms with van der Waals surface area (Å²) in [5, 5.41) is 9.24. The molecule has 0 amide bonds. The van der Waals surface area contributed by atoms with Crippen molar-refractivity contribution in [1.82, 2.24) is 0 Å². The molecule has 2 aromatic carbocycles. The quantitative estimate of drug-likeness (QED) is 0.800. The second-order valence-electron chi connectivity index (χ2n) is 4.54. The molecule has 4 heteroatoms. The fraction of sp³-hybridized carbons (Fsp3) is 0.188. The van der Waals surface area contributed by atoms with Gasteiger partial charge in [0, 0.05) is 24.3 Å². The topological polar surface area (TPSA) is 49.5 Å². The van der Waals surface area contributed by atoms with Gasteiger partial charge in [0.1, 0.15) is 4.99 Å². The molecule has 104 valence electrons. The fourth-order valence-electron chi connectivity index (χ4n) is 2.06. The minimum atomic E-state index is 0.115. The van der Waals surface area contributed by atoms with E-state index in [1.807, 2.05) is 42.5 Å². The summed E-state index contributed by atoms with van der Waals surface area (Å²) in [7, 11) is 0. The van der Waals surface area contributed by atoms with Crippen LogP contribution in [0, 0.1) is 0 Å². The summed E-state index contributed by atoms with van der Waals surface area (Å²) in [6.45, 7) is 1.46. The number of nitrogens with zero attached hydrogens (tertiary/aromatic N) is 1. The van der Waals surface area contributed by atoms with Crippen molar-refractivity contribution < 1.29 is 5.11 Å². The lowest BCUT2D eigenvalue weighted by Crippen LogP contribution is -2.26. The third-order valence-corrected chi connectivity index (χ3v) is 3.34. The lowest BCUT2D eigenvalue weighted by atomic mass is 10.1. The number of thiocarbonyl (C=S) groups is 1. The van der Waals surface area contributed by atoms with Crippen LogP contribution in [-0.4, -0.2) is 23.2 Å². The predicted octanol–water partition coefficient (Wildman–Crippen LogP) is 2.32. The highest BCUT2D eigenvalue weighted by Gasteiger charge is 2.07. The third-order valence-electron chi connectivity index (χ3n) is 3.10. The van der Waals surface area contributed by atoms with E-state index in [0.717, 1.165) is 17.8 Å². The molecule has 0 aliphatic carbocycles. The summed E-state index contributed by atoms with van der Waals surface area (Å²) >= 11 is 4.95. The molecule has 0 aliphatic heterocycles. The number of nitrogens with two attached hydrogens (primary N) is 1. The Balaban J connectivity index is 2.17. The third kappa shape index (κ3) is 3.79. The molecule has 0 saturated carbocycles. The van der Waals surface area contributed by atoms with Gasteiger partial charge in [-0.25, -0.2) is 0 Å². The number of hydrogen-bond donors (Lipinski definition) is 2. The van der Waals surface area contributed by atoms with Crippen LogP contribution in [0.1, 0.15) is 11.1 Å². The second-order valence-corrected chi connectivity index (χ2v) is 4.98. The molecular formula is C16H18N2OS. The van der Waals surface area contributed by atoms with Crippen LogP contribution < -0.4 is 10.6 Å². The summed E-state index contributed by atoms with van der Waals surface area (Å²) in [6, 6.07) is 18.0. The van der Waals surface area contributed by atoms with Crippen molar-refractivity contribution in [2.45, 2.75) is 6.54 Å². The van der Waals surface area contributed by atoms with E-state index in [9.17, 15) is 5.11 Å². The minimum absolute atomic E-state index is 0.115. The lowest BCUT2D eigenvalue weighted by molar-refractivity contribution is 0.301. The van der Waals surface area contributed by atoms with Gasteiger partial charge in [-0.2, -0.15) is 0 Å². The zero-order chi connectivity index (χ0) is 14.4. The Bertz CT molecular complexity index is 554. The molecule has 0 fully saturated rings. The van der Waals surface area contributed by atoms with E-state index in [1.165, 1.54) is 5.56 Å². The summed E-state index contributed by atoms with van der Waals surface area (Å²) < 4.78 is 0. The van der Waals surface area contributed by atoms with Crippen LogP contribution in [0.25, 0.3) is 0 Å². The average Bonchev–Trinajstić information content (AvgIpc) is 2.48. The zero-order valence-corrected chi connectivity index (χ0v) is 12.0. The van der Waals surface area contributed by atoms with Crippen molar-refractivity contribution in [2.24, 2.45) is 5.73 Å². The first-order chi connectivity index (χ1) is 9.70. The zero-order valence-electron chi connectivity index (χ0n) is 11.2. The average molecular weight is 286 g/mol. The van der Waals surface area contributed by atoms with Crippen LogP contribution >= 0.6 is 12.2 Å². The van der Waals surface area contributed by atoms with Gasteiger partial charge < -0.3 is 15.7 Å². The minimum Gasteiger partial charge on any atom is -0.395 e. The van der Waals surface area contributed by atoms with Gasteiger partial charge in [0.25, 0.3) is 0 Å². The molecule has 0 bridgehead atoms. The molecule has 0 aliphatic rings. The van der Waals surface area contributed by atoms with Crippen LogP contribution in [0.3, 0.4) is 0 Å². The molecule has 3 nitrogen and oxygen atoms in total. The van der Waals surface area contributed by atoms with E-state index < -0.39 is 0 Å². The van der Waals surface area contributed by atoms with Gasteiger partial charge in [-0.15, -0.1) is 0 Å². The molecule has 3 N–H and O–H groups in total. The number of hydrogen-bond acceptors (Lipinski definition) is 3. The maximum Gasteiger partial charge on any atom is 0.103 e. The molecule has 20 heavy (non-hydrogen) atoms. The SMILES string of the molecule is NC(=S)c1ccc(N(CCO)Cc2ccccc2)cc1. The van der Waals surface area contributed by atoms with Crippen LogP contribution in [0.5, 0.6) is 0 Å². The Kier molecular flexibility index (Phi) is 5.09. The van der Waals surface area contributed by atoms with Crippen molar-refractivity contribution >= 4 is 22.9 Å². The van der Waals surface area contributed by atoms with Crippen molar-refractivity contribution in [3.05, 3.63) is 65.7 Å². The number of aliphatic hydroxyl groups is 1. The molecular weight excluding hydrogens is 268 g/mol. The van der Waals surface area contributed by atoms with Gasteiger partial charge in [0.05, 0.1) is 6.61 Å². The fourth-order valence-corrected chi connectivity index (χ4v) is 2.20. The number of anilines is 1. The number of benzene rings is 2. The first-order valence-electron chi connectivity index (χ1n) is 6.50. The smallest absolute Gasteiger partial charge is 0.103 e. The summed E-state index contributed by atoms with van der Waals surface area (Å²) in [5.41, 5.74) is 8.71.